The van der Waals surface area contributed by atoms with Crippen LogP contribution in [0.2, 0.25) is 0 Å². The van der Waals surface area contributed by atoms with Gasteiger partial charge in [0.15, 0.2) is 0 Å². The SMILES string of the molecule is COc1cccc(F)c1C(O)CC(C)N. The molecule has 0 aliphatic heterocycles. The summed E-state index contributed by atoms with van der Waals surface area (Å²) in [6.45, 7) is 1.76. The van der Waals surface area contributed by atoms with Crippen LogP contribution in [-0.4, -0.2) is 18.3 Å². The van der Waals surface area contributed by atoms with Gasteiger partial charge < -0.3 is 15.6 Å². The lowest BCUT2D eigenvalue weighted by atomic mass is 10.0. The molecule has 2 unspecified atom stereocenters. The van der Waals surface area contributed by atoms with Crippen LogP contribution in [0.3, 0.4) is 0 Å². The van der Waals surface area contributed by atoms with Crippen LogP contribution in [0.15, 0.2) is 18.2 Å². The molecule has 1 aromatic carbocycles. The molecular formula is C11H16FNO2. The number of aliphatic hydroxyl groups is 1. The zero-order valence-electron chi connectivity index (χ0n) is 8.90. The van der Waals surface area contributed by atoms with E-state index in [4.69, 9.17) is 10.5 Å². The molecule has 3 N–H and O–H groups in total. The fourth-order valence-electron chi connectivity index (χ4n) is 1.49. The first-order chi connectivity index (χ1) is 7.06. The first kappa shape index (κ1) is 11.9. The van der Waals surface area contributed by atoms with Crippen molar-refractivity contribution in [3.05, 3.63) is 29.6 Å². The molecule has 84 valence electrons. The largest absolute Gasteiger partial charge is 0.496 e. The molecule has 0 amide bonds. The van der Waals surface area contributed by atoms with E-state index in [9.17, 15) is 9.50 Å². The van der Waals surface area contributed by atoms with Crippen molar-refractivity contribution in [1.82, 2.24) is 0 Å². The van der Waals surface area contributed by atoms with Crippen LogP contribution in [0.1, 0.15) is 25.0 Å². The number of halogens is 1. The molecule has 1 aromatic rings. The van der Waals surface area contributed by atoms with Crippen molar-refractivity contribution in [2.45, 2.75) is 25.5 Å². The molecule has 0 heterocycles. The van der Waals surface area contributed by atoms with Crippen LogP contribution >= 0.6 is 0 Å². The van der Waals surface area contributed by atoms with Gasteiger partial charge in [0.2, 0.25) is 0 Å². The Morgan fingerprint density at radius 2 is 2.20 bits per heavy atom. The predicted molar refractivity (Wildman–Crippen MR) is 56.2 cm³/mol. The van der Waals surface area contributed by atoms with E-state index >= 15 is 0 Å². The highest BCUT2D eigenvalue weighted by Gasteiger charge is 2.18. The van der Waals surface area contributed by atoms with Crippen molar-refractivity contribution in [1.29, 1.82) is 0 Å². The number of hydrogen-bond donors (Lipinski definition) is 2. The average molecular weight is 213 g/mol. The van der Waals surface area contributed by atoms with Crippen LogP contribution in [0.5, 0.6) is 5.75 Å². The molecule has 0 spiro atoms. The molecule has 3 nitrogen and oxygen atoms in total. The molecule has 2 atom stereocenters. The Kier molecular flexibility index (Phi) is 4.05. The first-order valence-electron chi connectivity index (χ1n) is 4.82. The Morgan fingerprint density at radius 1 is 1.53 bits per heavy atom. The number of ether oxygens (including phenoxy) is 1. The fourth-order valence-corrected chi connectivity index (χ4v) is 1.49. The van der Waals surface area contributed by atoms with E-state index < -0.39 is 11.9 Å². The average Bonchev–Trinajstić information content (AvgIpc) is 2.15. The Balaban J connectivity index is 3.00. The number of benzene rings is 1. The molecule has 0 aliphatic carbocycles. The maximum absolute atomic E-state index is 13.5. The van der Waals surface area contributed by atoms with Gasteiger partial charge in [-0.05, 0) is 25.5 Å². The molecule has 0 aromatic heterocycles. The number of nitrogens with two attached hydrogens (primary N) is 1. The third kappa shape index (κ3) is 2.91. The van der Waals surface area contributed by atoms with Crippen LogP contribution in [0.4, 0.5) is 4.39 Å². The maximum Gasteiger partial charge on any atom is 0.132 e. The zero-order chi connectivity index (χ0) is 11.4. The Morgan fingerprint density at radius 3 is 2.73 bits per heavy atom. The van der Waals surface area contributed by atoms with E-state index in [1.807, 2.05) is 0 Å². The standard InChI is InChI=1S/C11H16FNO2/c1-7(13)6-9(14)11-8(12)4-3-5-10(11)15-2/h3-5,7,9,14H,6,13H2,1-2H3. The molecule has 0 fully saturated rings. The number of aliphatic hydroxyl groups excluding tert-OH is 1. The van der Waals surface area contributed by atoms with Crippen LogP contribution < -0.4 is 10.5 Å². The highest BCUT2D eigenvalue weighted by Crippen LogP contribution is 2.29. The Labute approximate surface area is 88.7 Å². The summed E-state index contributed by atoms with van der Waals surface area (Å²) in [6.07, 6.45) is -0.627. The van der Waals surface area contributed by atoms with Crippen molar-refractivity contribution in [3.8, 4) is 5.75 Å². The van der Waals surface area contributed by atoms with Gasteiger partial charge in [-0.1, -0.05) is 6.07 Å². The summed E-state index contributed by atoms with van der Waals surface area (Å²) in [5.41, 5.74) is 5.73. The van der Waals surface area contributed by atoms with Crippen LogP contribution in [-0.2, 0) is 0 Å². The minimum Gasteiger partial charge on any atom is -0.496 e. The predicted octanol–water partition coefficient (Wildman–Crippen LogP) is 1.60. The summed E-state index contributed by atoms with van der Waals surface area (Å²) >= 11 is 0. The molecule has 15 heavy (non-hydrogen) atoms. The second kappa shape index (κ2) is 5.09. The monoisotopic (exact) mass is 213 g/mol. The molecular weight excluding hydrogens is 197 g/mol. The normalized spacial score (nSPS) is 14.7. The Hall–Kier alpha value is -1.13. The molecule has 4 heteroatoms. The molecule has 0 radical (unpaired) electrons. The smallest absolute Gasteiger partial charge is 0.132 e. The molecule has 0 aliphatic rings. The van der Waals surface area contributed by atoms with Gasteiger partial charge in [0.05, 0.1) is 18.8 Å². The van der Waals surface area contributed by atoms with Crippen molar-refractivity contribution in [2.24, 2.45) is 5.73 Å². The summed E-state index contributed by atoms with van der Waals surface area (Å²) in [5.74, 6) is -0.120. The highest BCUT2D eigenvalue weighted by molar-refractivity contribution is 5.36. The van der Waals surface area contributed by atoms with E-state index in [0.717, 1.165) is 0 Å². The quantitative estimate of drug-likeness (QED) is 0.798. The summed E-state index contributed by atoms with van der Waals surface area (Å²) in [7, 11) is 1.44. The lowest BCUT2D eigenvalue weighted by molar-refractivity contribution is 0.151. The van der Waals surface area contributed by atoms with Crippen LogP contribution in [0, 0.1) is 5.82 Å². The molecule has 0 saturated heterocycles. The minimum absolute atomic E-state index is 0.178. The fraction of sp³-hybridized carbons (Fsp3) is 0.455. The molecule has 0 saturated carbocycles. The van der Waals surface area contributed by atoms with Gasteiger partial charge in [-0.2, -0.15) is 0 Å². The second-order valence-corrected chi connectivity index (χ2v) is 3.58. The molecule has 1 rings (SSSR count). The second-order valence-electron chi connectivity index (χ2n) is 3.58. The van der Waals surface area contributed by atoms with Crippen LogP contribution in [0.25, 0.3) is 0 Å². The topological polar surface area (TPSA) is 55.5 Å². The summed E-state index contributed by atoms with van der Waals surface area (Å²) in [4.78, 5) is 0. The highest BCUT2D eigenvalue weighted by atomic mass is 19.1. The molecule has 0 bridgehead atoms. The zero-order valence-corrected chi connectivity index (χ0v) is 8.90. The van der Waals surface area contributed by atoms with Crippen molar-refractivity contribution in [2.75, 3.05) is 7.11 Å². The van der Waals surface area contributed by atoms with E-state index in [2.05, 4.69) is 0 Å². The van der Waals surface area contributed by atoms with Gasteiger partial charge in [-0.25, -0.2) is 4.39 Å². The third-order valence-corrected chi connectivity index (χ3v) is 2.16. The van der Waals surface area contributed by atoms with E-state index in [0.29, 0.717) is 12.2 Å². The number of hydrogen-bond acceptors (Lipinski definition) is 3. The van der Waals surface area contributed by atoms with Crippen molar-refractivity contribution < 1.29 is 14.2 Å². The summed E-state index contributed by atoms with van der Waals surface area (Å²) in [5, 5.41) is 9.78. The van der Waals surface area contributed by atoms with Crippen molar-refractivity contribution in [3.63, 3.8) is 0 Å². The maximum atomic E-state index is 13.5. The first-order valence-corrected chi connectivity index (χ1v) is 4.82. The van der Waals surface area contributed by atoms with Gasteiger partial charge in [0, 0.05) is 6.04 Å². The minimum atomic E-state index is -0.929. The Bertz CT molecular complexity index is 328. The lowest BCUT2D eigenvalue weighted by Gasteiger charge is -2.17. The van der Waals surface area contributed by atoms with E-state index in [-0.39, 0.29) is 11.6 Å². The van der Waals surface area contributed by atoms with Gasteiger partial charge in [0.1, 0.15) is 11.6 Å². The van der Waals surface area contributed by atoms with Gasteiger partial charge >= 0.3 is 0 Å². The number of rotatable bonds is 4. The summed E-state index contributed by atoms with van der Waals surface area (Å²) < 4.78 is 18.4. The lowest BCUT2D eigenvalue weighted by Crippen LogP contribution is -2.19. The third-order valence-electron chi connectivity index (χ3n) is 2.16. The summed E-state index contributed by atoms with van der Waals surface area (Å²) in [6, 6.07) is 4.26. The van der Waals surface area contributed by atoms with Gasteiger partial charge in [0.25, 0.3) is 0 Å². The number of methoxy groups -OCH3 is 1. The van der Waals surface area contributed by atoms with Crippen molar-refractivity contribution >= 4 is 0 Å². The van der Waals surface area contributed by atoms with Gasteiger partial charge in [-0.3, -0.25) is 0 Å². The van der Waals surface area contributed by atoms with Gasteiger partial charge in [-0.15, -0.1) is 0 Å². The van der Waals surface area contributed by atoms with E-state index in [1.54, 1.807) is 13.0 Å². The van der Waals surface area contributed by atoms with E-state index in [1.165, 1.54) is 19.2 Å².